The van der Waals surface area contributed by atoms with E-state index in [0.717, 1.165) is 30.8 Å². The second kappa shape index (κ2) is 5.62. The van der Waals surface area contributed by atoms with Gasteiger partial charge in [0.25, 0.3) is 0 Å². The fraction of sp³-hybridized carbons (Fsp3) is 0.500. The van der Waals surface area contributed by atoms with Gasteiger partial charge in [0, 0.05) is 12.7 Å². The molecule has 2 unspecified atom stereocenters. The smallest absolute Gasteiger partial charge is 0.139 e. The van der Waals surface area contributed by atoms with E-state index in [0.29, 0.717) is 16.6 Å². The zero-order valence-electron chi connectivity index (χ0n) is 11.1. The minimum atomic E-state index is -0.309. The van der Waals surface area contributed by atoms with Crippen molar-refractivity contribution in [1.29, 1.82) is 0 Å². The normalized spacial score (nSPS) is 21.3. The van der Waals surface area contributed by atoms with E-state index < -0.39 is 0 Å². The second-order valence-corrected chi connectivity index (χ2v) is 6.59. The Morgan fingerprint density at radius 2 is 2.35 bits per heavy atom. The molecule has 3 rings (SSSR count). The first-order valence-electron chi connectivity index (χ1n) is 6.66. The lowest BCUT2D eigenvalue weighted by Gasteiger charge is -2.26. The van der Waals surface area contributed by atoms with Gasteiger partial charge in [-0.3, -0.25) is 0 Å². The highest BCUT2D eigenvalue weighted by Crippen LogP contribution is 2.33. The Kier molecular flexibility index (Phi) is 4.02. The van der Waals surface area contributed by atoms with Gasteiger partial charge in [0.2, 0.25) is 0 Å². The van der Waals surface area contributed by atoms with Crippen molar-refractivity contribution >= 4 is 38.6 Å². The monoisotopic (exact) mass is 360 g/mol. The molecule has 0 N–H and O–H groups in total. The third-order valence-corrected chi connectivity index (χ3v) is 4.42. The maximum absolute atomic E-state index is 13.7. The summed E-state index contributed by atoms with van der Waals surface area (Å²) in [6.45, 7) is 3.33. The standard InChI is InChI=1S/C14H15BrClFN2O/c1-8(16)14-18-12-6-11(17)10(15)5-13(12)19(14)9-3-2-4-20-7-9/h5-6,8-9H,2-4,7H2,1H3. The van der Waals surface area contributed by atoms with Crippen LogP contribution >= 0.6 is 27.5 Å². The zero-order chi connectivity index (χ0) is 14.3. The number of fused-ring (bicyclic) bond motifs is 1. The van der Waals surface area contributed by atoms with Crippen LogP contribution in [0.2, 0.25) is 0 Å². The van der Waals surface area contributed by atoms with Crippen molar-refractivity contribution in [1.82, 2.24) is 9.55 Å². The highest BCUT2D eigenvalue weighted by atomic mass is 79.9. The summed E-state index contributed by atoms with van der Waals surface area (Å²) in [4.78, 5) is 4.50. The summed E-state index contributed by atoms with van der Waals surface area (Å²) in [7, 11) is 0. The van der Waals surface area contributed by atoms with Crippen LogP contribution in [-0.4, -0.2) is 22.8 Å². The summed E-state index contributed by atoms with van der Waals surface area (Å²) in [5.41, 5.74) is 1.54. The Bertz CT molecular complexity index is 638. The number of aromatic nitrogens is 2. The molecule has 1 fully saturated rings. The Hall–Kier alpha value is -0.650. The molecule has 0 aliphatic carbocycles. The Morgan fingerprint density at radius 1 is 1.55 bits per heavy atom. The first-order chi connectivity index (χ1) is 9.58. The first-order valence-corrected chi connectivity index (χ1v) is 7.89. The lowest BCUT2D eigenvalue weighted by molar-refractivity contribution is 0.0595. The van der Waals surface area contributed by atoms with Crippen LogP contribution in [0.25, 0.3) is 11.0 Å². The third kappa shape index (κ3) is 2.47. The molecule has 6 heteroatoms. The van der Waals surface area contributed by atoms with E-state index in [9.17, 15) is 4.39 Å². The van der Waals surface area contributed by atoms with E-state index in [-0.39, 0.29) is 17.2 Å². The molecule has 0 bridgehead atoms. The molecule has 2 atom stereocenters. The Balaban J connectivity index is 2.20. The van der Waals surface area contributed by atoms with E-state index >= 15 is 0 Å². The van der Waals surface area contributed by atoms with Crippen molar-refractivity contribution in [3.8, 4) is 0 Å². The summed E-state index contributed by atoms with van der Waals surface area (Å²) in [6.07, 6.45) is 2.04. The number of nitrogens with zero attached hydrogens (tertiary/aromatic N) is 2. The van der Waals surface area contributed by atoms with E-state index in [1.807, 2.05) is 6.92 Å². The van der Waals surface area contributed by atoms with Crippen molar-refractivity contribution in [2.45, 2.75) is 31.2 Å². The molecule has 1 aromatic carbocycles. The van der Waals surface area contributed by atoms with Gasteiger partial charge in [0.1, 0.15) is 11.6 Å². The molecule has 1 aliphatic rings. The van der Waals surface area contributed by atoms with Gasteiger partial charge in [-0.25, -0.2) is 9.37 Å². The van der Waals surface area contributed by atoms with Crippen molar-refractivity contribution in [2.24, 2.45) is 0 Å². The van der Waals surface area contributed by atoms with Crippen molar-refractivity contribution in [2.75, 3.05) is 13.2 Å². The van der Waals surface area contributed by atoms with Gasteiger partial charge >= 0.3 is 0 Å². The lowest BCUT2D eigenvalue weighted by atomic mass is 10.1. The van der Waals surface area contributed by atoms with E-state index in [2.05, 4.69) is 25.5 Å². The molecular weight excluding hydrogens is 347 g/mol. The van der Waals surface area contributed by atoms with Crippen LogP contribution in [0, 0.1) is 5.82 Å². The average Bonchev–Trinajstić information content (AvgIpc) is 2.79. The number of hydrogen-bond acceptors (Lipinski definition) is 2. The number of alkyl halides is 1. The minimum absolute atomic E-state index is 0.210. The largest absolute Gasteiger partial charge is 0.379 e. The van der Waals surface area contributed by atoms with Crippen molar-refractivity contribution < 1.29 is 9.13 Å². The number of halogens is 3. The van der Waals surface area contributed by atoms with E-state index in [1.165, 1.54) is 6.07 Å². The molecule has 108 valence electrons. The van der Waals surface area contributed by atoms with Crippen LogP contribution in [0.4, 0.5) is 4.39 Å². The summed E-state index contributed by atoms with van der Waals surface area (Å²) in [5.74, 6) is 0.463. The van der Waals surface area contributed by atoms with Gasteiger partial charge in [0.05, 0.1) is 33.5 Å². The number of benzene rings is 1. The molecule has 2 aromatic rings. The molecule has 3 nitrogen and oxygen atoms in total. The minimum Gasteiger partial charge on any atom is -0.379 e. The summed E-state index contributed by atoms with van der Waals surface area (Å²) < 4.78 is 21.8. The fourth-order valence-corrected chi connectivity index (χ4v) is 3.19. The predicted octanol–water partition coefficient (Wildman–Crippen LogP) is 4.59. The topological polar surface area (TPSA) is 27.1 Å². The van der Waals surface area contributed by atoms with Gasteiger partial charge in [0.15, 0.2) is 0 Å². The van der Waals surface area contributed by atoms with Gasteiger partial charge in [-0.2, -0.15) is 0 Å². The molecular formula is C14H15BrClFN2O. The van der Waals surface area contributed by atoms with Crippen LogP contribution in [0.15, 0.2) is 16.6 Å². The zero-order valence-corrected chi connectivity index (χ0v) is 13.4. The van der Waals surface area contributed by atoms with Crippen LogP contribution in [0.3, 0.4) is 0 Å². The third-order valence-electron chi connectivity index (χ3n) is 3.62. The van der Waals surface area contributed by atoms with E-state index in [1.54, 1.807) is 6.07 Å². The van der Waals surface area contributed by atoms with Crippen LogP contribution in [0.1, 0.15) is 37.0 Å². The molecule has 2 heterocycles. The molecule has 20 heavy (non-hydrogen) atoms. The molecule has 0 amide bonds. The predicted molar refractivity (Wildman–Crippen MR) is 80.7 cm³/mol. The number of imidazole rings is 1. The molecule has 0 saturated carbocycles. The van der Waals surface area contributed by atoms with Crippen LogP contribution < -0.4 is 0 Å². The fourth-order valence-electron chi connectivity index (χ4n) is 2.70. The molecule has 1 aromatic heterocycles. The first kappa shape index (κ1) is 14.3. The van der Waals surface area contributed by atoms with Crippen LogP contribution in [-0.2, 0) is 4.74 Å². The molecule has 1 saturated heterocycles. The maximum atomic E-state index is 13.7. The second-order valence-electron chi connectivity index (χ2n) is 5.08. The quantitative estimate of drug-likeness (QED) is 0.732. The average molecular weight is 362 g/mol. The number of hydrogen-bond donors (Lipinski definition) is 0. The number of rotatable bonds is 2. The highest BCUT2D eigenvalue weighted by molar-refractivity contribution is 9.10. The SMILES string of the molecule is CC(Cl)c1nc2cc(F)c(Br)cc2n1C1CCCOC1. The maximum Gasteiger partial charge on any atom is 0.139 e. The van der Waals surface area contributed by atoms with Crippen molar-refractivity contribution in [3.63, 3.8) is 0 Å². The highest BCUT2D eigenvalue weighted by Gasteiger charge is 2.24. The molecule has 1 aliphatic heterocycles. The van der Waals surface area contributed by atoms with Gasteiger partial charge < -0.3 is 9.30 Å². The van der Waals surface area contributed by atoms with Gasteiger partial charge in [-0.1, -0.05) is 0 Å². The van der Waals surface area contributed by atoms with Gasteiger partial charge in [-0.05, 0) is 41.8 Å². The van der Waals surface area contributed by atoms with Crippen LogP contribution in [0.5, 0.6) is 0 Å². The molecule has 0 spiro atoms. The van der Waals surface area contributed by atoms with Gasteiger partial charge in [-0.15, -0.1) is 11.6 Å². The summed E-state index contributed by atoms with van der Waals surface area (Å²) >= 11 is 9.49. The Morgan fingerprint density at radius 3 is 3.00 bits per heavy atom. The van der Waals surface area contributed by atoms with E-state index in [4.69, 9.17) is 16.3 Å². The molecule has 0 radical (unpaired) electrons. The Labute approximate surface area is 130 Å². The van der Waals surface area contributed by atoms with Crippen molar-refractivity contribution in [3.05, 3.63) is 28.2 Å². The summed E-state index contributed by atoms with van der Waals surface area (Å²) in [6, 6.07) is 3.43. The lowest BCUT2D eigenvalue weighted by Crippen LogP contribution is -2.23. The number of ether oxygens (including phenoxy) is 1. The summed E-state index contributed by atoms with van der Waals surface area (Å²) in [5, 5.41) is -0.230.